The van der Waals surface area contributed by atoms with Crippen LogP contribution in [0.5, 0.6) is 0 Å². The fourth-order valence-electron chi connectivity index (χ4n) is 5.81. The smallest absolute Gasteiger partial charge is 0.271 e. The lowest BCUT2D eigenvalue weighted by Crippen LogP contribution is -2.44. The highest BCUT2D eigenvalue weighted by Crippen LogP contribution is 2.28. The van der Waals surface area contributed by atoms with Gasteiger partial charge < -0.3 is 26.0 Å². The molecule has 0 bridgehead atoms. The van der Waals surface area contributed by atoms with Crippen LogP contribution in [0.25, 0.3) is 0 Å². The second kappa shape index (κ2) is 11.8. The number of piperidine rings is 1. The largest absolute Gasteiger partial charge is 0.381 e. The van der Waals surface area contributed by atoms with Crippen molar-refractivity contribution in [2.75, 3.05) is 57.1 Å². The normalized spacial score (nSPS) is 20.3. The number of carbonyl (C=O) groups is 1. The number of benzene rings is 1. The van der Waals surface area contributed by atoms with Crippen LogP contribution in [0.2, 0.25) is 0 Å². The van der Waals surface area contributed by atoms with Crippen molar-refractivity contribution in [1.29, 1.82) is 0 Å². The number of nitrogens with two attached hydrogens (primary N) is 1. The third-order valence-electron chi connectivity index (χ3n) is 8.11. The first kappa shape index (κ1) is 25.9. The molecule has 4 N–H and O–H groups in total. The van der Waals surface area contributed by atoms with Crippen molar-refractivity contribution in [2.24, 2.45) is 5.73 Å². The number of ether oxygens (including phenoxy) is 1. The Hall–Kier alpha value is -2.75. The number of amides is 1. The Morgan fingerprint density at radius 2 is 1.76 bits per heavy atom. The van der Waals surface area contributed by atoms with Crippen LogP contribution in [-0.4, -0.2) is 84.2 Å². The number of anilines is 3. The van der Waals surface area contributed by atoms with Gasteiger partial charge in [0, 0.05) is 44.1 Å². The maximum atomic E-state index is 12.3. The van der Waals surface area contributed by atoms with E-state index < -0.39 is 5.91 Å². The van der Waals surface area contributed by atoms with Gasteiger partial charge in [-0.05, 0) is 88.3 Å². The molecule has 0 unspecified atom stereocenters. The fourth-order valence-corrected chi connectivity index (χ4v) is 5.81. The number of hydrogen-bond acceptors (Lipinski definition) is 8. The summed E-state index contributed by atoms with van der Waals surface area (Å²) in [6, 6.07) is 7.47. The van der Waals surface area contributed by atoms with E-state index in [1.54, 1.807) is 0 Å². The van der Waals surface area contributed by atoms with Crippen LogP contribution in [0.15, 0.2) is 18.2 Å². The second-order valence-corrected chi connectivity index (χ2v) is 10.6. The fraction of sp³-hybridized carbons (Fsp3) is 0.607. The first-order valence-electron chi connectivity index (χ1n) is 13.9. The molecular weight excluding hydrogens is 466 g/mol. The lowest BCUT2D eigenvalue weighted by molar-refractivity contribution is 0.0903. The Bertz CT molecular complexity index is 1090. The maximum absolute atomic E-state index is 12.3. The van der Waals surface area contributed by atoms with Crippen LogP contribution >= 0.6 is 0 Å². The summed E-state index contributed by atoms with van der Waals surface area (Å²) in [7, 11) is 2.22. The van der Waals surface area contributed by atoms with Gasteiger partial charge in [0.05, 0.1) is 5.69 Å². The van der Waals surface area contributed by atoms with Crippen LogP contribution in [0, 0.1) is 0 Å². The molecule has 1 aromatic carbocycles. The summed E-state index contributed by atoms with van der Waals surface area (Å²) < 4.78 is 5.49. The maximum Gasteiger partial charge on any atom is 0.271 e. The van der Waals surface area contributed by atoms with Crippen molar-refractivity contribution in [3.05, 3.63) is 40.7 Å². The van der Waals surface area contributed by atoms with E-state index in [2.05, 4.69) is 50.7 Å². The van der Waals surface area contributed by atoms with Gasteiger partial charge in [0.2, 0.25) is 0 Å². The van der Waals surface area contributed by atoms with Gasteiger partial charge in [0.1, 0.15) is 0 Å². The Morgan fingerprint density at radius 1 is 1.03 bits per heavy atom. The number of likely N-dealkylation sites (tertiary alicyclic amines) is 1. The second-order valence-electron chi connectivity index (χ2n) is 10.6. The number of primary amides is 1. The number of aryl methyl sites for hydroxylation is 1. The SMILES string of the molecule is CCc1nc(C(N)=O)c(Nc2ccc3c(c2)CCN(C2CCN(C)CC2)CC3)nc1NC1CCOCC1. The Labute approximate surface area is 220 Å². The van der Waals surface area contributed by atoms with Crippen LogP contribution in [0.3, 0.4) is 0 Å². The molecule has 3 aliphatic heterocycles. The molecule has 2 fully saturated rings. The third-order valence-corrected chi connectivity index (χ3v) is 8.11. The van der Waals surface area contributed by atoms with Crippen molar-refractivity contribution >= 4 is 23.2 Å². The van der Waals surface area contributed by atoms with E-state index in [0.29, 0.717) is 24.1 Å². The molecule has 1 aromatic heterocycles. The molecular formula is C28H41N7O2. The molecule has 9 nitrogen and oxygen atoms in total. The zero-order chi connectivity index (χ0) is 25.8. The minimum absolute atomic E-state index is 0.178. The highest BCUT2D eigenvalue weighted by atomic mass is 16.5. The molecule has 4 heterocycles. The van der Waals surface area contributed by atoms with Gasteiger partial charge in [0.15, 0.2) is 17.3 Å². The topological polar surface area (TPSA) is 109 Å². The molecule has 5 rings (SSSR count). The summed E-state index contributed by atoms with van der Waals surface area (Å²) >= 11 is 0. The molecule has 0 aliphatic carbocycles. The number of aromatic nitrogens is 2. The minimum Gasteiger partial charge on any atom is -0.381 e. The lowest BCUT2D eigenvalue weighted by Gasteiger charge is -2.36. The summed E-state index contributed by atoms with van der Waals surface area (Å²) in [5, 5.41) is 6.91. The van der Waals surface area contributed by atoms with Crippen molar-refractivity contribution in [3.63, 3.8) is 0 Å². The molecule has 0 radical (unpaired) electrons. The van der Waals surface area contributed by atoms with Crippen molar-refractivity contribution in [3.8, 4) is 0 Å². The first-order chi connectivity index (χ1) is 18.0. The quantitative estimate of drug-likeness (QED) is 0.525. The zero-order valence-corrected chi connectivity index (χ0v) is 22.3. The highest BCUT2D eigenvalue weighted by Gasteiger charge is 2.25. The van der Waals surface area contributed by atoms with E-state index in [9.17, 15) is 4.79 Å². The number of nitrogens with zero attached hydrogens (tertiary/aromatic N) is 4. The number of carbonyl (C=O) groups excluding carboxylic acids is 1. The van der Waals surface area contributed by atoms with Crippen molar-refractivity contribution < 1.29 is 9.53 Å². The van der Waals surface area contributed by atoms with Gasteiger partial charge in [0.25, 0.3) is 5.91 Å². The number of hydrogen-bond donors (Lipinski definition) is 3. The van der Waals surface area contributed by atoms with Crippen LogP contribution in [-0.2, 0) is 24.0 Å². The summed E-state index contributed by atoms with van der Waals surface area (Å²) in [6.45, 7) is 8.06. The predicted octanol–water partition coefficient (Wildman–Crippen LogP) is 2.97. The molecule has 1 amide bonds. The molecule has 37 heavy (non-hydrogen) atoms. The van der Waals surface area contributed by atoms with Gasteiger partial charge in [-0.25, -0.2) is 9.97 Å². The summed E-state index contributed by atoms with van der Waals surface area (Å²) in [5.74, 6) is 0.539. The average molecular weight is 508 g/mol. The molecule has 3 aliphatic rings. The van der Waals surface area contributed by atoms with Gasteiger partial charge >= 0.3 is 0 Å². The predicted molar refractivity (Wildman–Crippen MR) is 147 cm³/mol. The summed E-state index contributed by atoms with van der Waals surface area (Å²) in [6.07, 6.45) is 7.11. The minimum atomic E-state index is -0.578. The van der Waals surface area contributed by atoms with Gasteiger partial charge in [-0.2, -0.15) is 0 Å². The first-order valence-corrected chi connectivity index (χ1v) is 13.9. The third kappa shape index (κ3) is 6.22. The average Bonchev–Trinajstić information content (AvgIpc) is 3.12. The van der Waals surface area contributed by atoms with E-state index in [1.807, 2.05) is 6.92 Å². The molecule has 9 heteroatoms. The standard InChI is InChI=1S/C28H41N7O2/c1-3-24-27(30-21-10-16-37-17-11-21)33-28(25(32-24)26(29)36)31-22-5-4-19-6-14-35(15-7-20(19)18-22)23-8-12-34(2)13-9-23/h4-5,18,21,23H,3,6-17H2,1-2H3,(H2,29,36)(H2,30,31,33). The number of rotatable bonds is 7. The van der Waals surface area contributed by atoms with E-state index in [4.69, 9.17) is 15.5 Å². The Balaban J connectivity index is 1.34. The zero-order valence-electron chi connectivity index (χ0n) is 22.3. The van der Waals surface area contributed by atoms with Crippen LogP contribution < -0.4 is 16.4 Å². The molecule has 200 valence electrons. The lowest BCUT2D eigenvalue weighted by atomic mass is 10.0. The van der Waals surface area contributed by atoms with E-state index in [0.717, 1.165) is 63.4 Å². The van der Waals surface area contributed by atoms with Crippen molar-refractivity contribution in [2.45, 2.75) is 64.0 Å². The van der Waals surface area contributed by atoms with E-state index >= 15 is 0 Å². The molecule has 0 saturated carbocycles. The van der Waals surface area contributed by atoms with E-state index in [-0.39, 0.29) is 11.7 Å². The van der Waals surface area contributed by atoms with Crippen molar-refractivity contribution in [1.82, 2.24) is 19.8 Å². The summed E-state index contributed by atoms with van der Waals surface area (Å²) in [4.78, 5) is 26.9. The number of nitrogens with one attached hydrogen (secondary N) is 2. The van der Waals surface area contributed by atoms with Crippen LogP contribution in [0.4, 0.5) is 17.3 Å². The Morgan fingerprint density at radius 3 is 2.46 bits per heavy atom. The molecule has 2 saturated heterocycles. The molecule has 0 atom stereocenters. The number of fused-ring (bicyclic) bond motifs is 1. The summed E-state index contributed by atoms with van der Waals surface area (Å²) in [5.41, 5.74) is 10.3. The Kier molecular flexibility index (Phi) is 8.22. The van der Waals surface area contributed by atoms with Crippen LogP contribution in [0.1, 0.15) is 59.9 Å². The van der Waals surface area contributed by atoms with Gasteiger partial charge in [-0.15, -0.1) is 0 Å². The molecule has 0 spiro atoms. The van der Waals surface area contributed by atoms with Gasteiger partial charge in [-0.1, -0.05) is 13.0 Å². The van der Waals surface area contributed by atoms with E-state index in [1.165, 1.54) is 37.1 Å². The molecule has 2 aromatic rings. The highest BCUT2D eigenvalue weighted by molar-refractivity contribution is 5.96. The monoisotopic (exact) mass is 507 g/mol. The van der Waals surface area contributed by atoms with Gasteiger partial charge in [-0.3, -0.25) is 9.69 Å².